The lowest BCUT2D eigenvalue weighted by atomic mass is 9.74. The molecule has 3 heteroatoms. The van der Waals surface area contributed by atoms with Crippen LogP contribution < -0.4 is 0 Å². The summed E-state index contributed by atoms with van der Waals surface area (Å²) in [4.78, 5) is 4.06. The van der Waals surface area contributed by atoms with Gasteiger partial charge in [-0.1, -0.05) is 12.2 Å². The van der Waals surface area contributed by atoms with Crippen molar-refractivity contribution in [2.45, 2.75) is 44.8 Å². The summed E-state index contributed by atoms with van der Waals surface area (Å²) in [5.74, 6) is 0.521. The van der Waals surface area contributed by atoms with Gasteiger partial charge in [0.15, 0.2) is 0 Å². The number of nitrogens with zero attached hydrogens (tertiary/aromatic N) is 2. The van der Waals surface area contributed by atoms with Gasteiger partial charge >= 0.3 is 0 Å². The molecule has 0 amide bonds. The van der Waals surface area contributed by atoms with Crippen LogP contribution in [0, 0.1) is 5.92 Å². The SMILES string of the molecule is C=C(C)[C@@H]1CC[C@](C)(O)[C@@H](n2ccnc2)C1. The average molecular weight is 220 g/mol. The molecule has 2 rings (SSSR count). The van der Waals surface area contributed by atoms with Crippen LogP contribution in [0.4, 0.5) is 0 Å². The second-order valence-electron chi connectivity index (χ2n) is 5.20. The minimum atomic E-state index is -0.632. The minimum absolute atomic E-state index is 0.116. The summed E-state index contributed by atoms with van der Waals surface area (Å²) in [5, 5.41) is 10.4. The molecule has 0 aromatic carbocycles. The molecule has 1 heterocycles. The maximum absolute atomic E-state index is 10.4. The topological polar surface area (TPSA) is 38.0 Å². The lowest BCUT2D eigenvalue weighted by Gasteiger charge is -2.41. The van der Waals surface area contributed by atoms with E-state index in [0.29, 0.717) is 5.92 Å². The number of hydrogen-bond donors (Lipinski definition) is 1. The van der Waals surface area contributed by atoms with Gasteiger partial charge in [-0.15, -0.1) is 0 Å². The van der Waals surface area contributed by atoms with E-state index >= 15 is 0 Å². The van der Waals surface area contributed by atoms with Gasteiger partial charge in [0.2, 0.25) is 0 Å². The Labute approximate surface area is 96.8 Å². The van der Waals surface area contributed by atoms with Crippen LogP contribution in [0.1, 0.15) is 39.2 Å². The smallest absolute Gasteiger partial charge is 0.0949 e. The predicted molar refractivity (Wildman–Crippen MR) is 64.0 cm³/mol. The van der Waals surface area contributed by atoms with Crippen molar-refractivity contribution < 1.29 is 5.11 Å². The summed E-state index contributed by atoms with van der Waals surface area (Å²) in [6, 6.07) is 0.116. The molecule has 3 atom stereocenters. The highest BCUT2D eigenvalue weighted by Crippen LogP contribution is 2.42. The molecule has 0 spiro atoms. The van der Waals surface area contributed by atoms with Gasteiger partial charge < -0.3 is 9.67 Å². The summed E-state index contributed by atoms with van der Waals surface area (Å²) in [6.45, 7) is 8.04. The summed E-state index contributed by atoms with van der Waals surface area (Å²) in [7, 11) is 0. The van der Waals surface area contributed by atoms with Crippen molar-refractivity contribution in [1.29, 1.82) is 0 Å². The van der Waals surface area contributed by atoms with Crippen LogP contribution in [0.3, 0.4) is 0 Å². The third-order valence-corrected chi connectivity index (χ3v) is 3.81. The molecule has 88 valence electrons. The van der Waals surface area contributed by atoms with Gasteiger partial charge in [0.05, 0.1) is 18.0 Å². The van der Waals surface area contributed by atoms with E-state index in [0.717, 1.165) is 19.3 Å². The molecule has 1 aromatic rings. The Morgan fingerprint density at radius 3 is 2.94 bits per heavy atom. The van der Waals surface area contributed by atoms with Crippen molar-refractivity contribution in [3.05, 3.63) is 30.9 Å². The Kier molecular flexibility index (Phi) is 2.89. The lowest BCUT2D eigenvalue weighted by molar-refractivity contribution is -0.0350. The molecule has 1 N–H and O–H groups in total. The summed E-state index contributed by atoms with van der Waals surface area (Å²) in [6.07, 6.45) is 8.31. The van der Waals surface area contributed by atoms with E-state index in [4.69, 9.17) is 0 Å². The standard InChI is InChI=1S/C13H20N2O/c1-10(2)11-4-5-13(3,16)12(8-11)15-7-6-14-9-15/h6-7,9,11-12,16H,1,4-5,8H2,2-3H3/t11-,12+,13+/m1/s1. The van der Waals surface area contributed by atoms with Crippen molar-refractivity contribution >= 4 is 0 Å². The van der Waals surface area contributed by atoms with Crippen LogP contribution >= 0.6 is 0 Å². The largest absolute Gasteiger partial charge is 0.388 e. The van der Waals surface area contributed by atoms with Crippen LogP contribution in [0.25, 0.3) is 0 Å². The second kappa shape index (κ2) is 4.06. The Morgan fingerprint density at radius 1 is 1.62 bits per heavy atom. The van der Waals surface area contributed by atoms with Crippen molar-refractivity contribution in [3.63, 3.8) is 0 Å². The molecule has 1 aliphatic carbocycles. The summed E-state index contributed by atoms with van der Waals surface area (Å²) in [5.41, 5.74) is 0.591. The highest BCUT2D eigenvalue weighted by Gasteiger charge is 2.39. The van der Waals surface area contributed by atoms with Crippen molar-refractivity contribution in [2.24, 2.45) is 5.92 Å². The first kappa shape index (κ1) is 11.4. The molecule has 1 saturated carbocycles. The molecule has 16 heavy (non-hydrogen) atoms. The van der Waals surface area contributed by atoms with E-state index in [9.17, 15) is 5.11 Å². The molecule has 0 unspecified atom stereocenters. The quantitative estimate of drug-likeness (QED) is 0.778. The first-order valence-electron chi connectivity index (χ1n) is 5.86. The van der Waals surface area contributed by atoms with Crippen LogP contribution in [0.15, 0.2) is 30.9 Å². The van der Waals surface area contributed by atoms with Gasteiger partial charge in [-0.05, 0) is 39.0 Å². The van der Waals surface area contributed by atoms with Crippen LogP contribution in [0.5, 0.6) is 0 Å². The Balaban J connectivity index is 2.22. The molecule has 3 nitrogen and oxygen atoms in total. The van der Waals surface area contributed by atoms with E-state index in [1.54, 1.807) is 12.5 Å². The Bertz CT molecular complexity index is 367. The van der Waals surface area contributed by atoms with E-state index in [1.807, 2.05) is 17.7 Å². The van der Waals surface area contributed by atoms with Gasteiger partial charge in [0, 0.05) is 12.4 Å². The predicted octanol–water partition coefficient (Wildman–Crippen LogP) is 2.55. The molecule has 1 fully saturated rings. The summed E-state index contributed by atoms with van der Waals surface area (Å²) < 4.78 is 2.02. The molecule has 1 aromatic heterocycles. The van der Waals surface area contributed by atoms with E-state index < -0.39 is 5.60 Å². The minimum Gasteiger partial charge on any atom is -0.388 e. The molecule has 0 bridgehead atoms. The fraction of sp³-hybridized carbons (Fsp3) is 0.615. The zero-order valence-electron chi connectivity index (χ0n) is 10.1. The monoisotopic (exact) mass is 220 g/mol. The van der Waals surface area contributed by atoms with Crippen molar-refractivity contribution in [2.75, 3.05) is 0 Å². The lowest BCUT2D eigenvalue weighted by Crippen LogP contribution is -2.41. The van der Waals surface area contributed by atoms with Crippen LogP contribution in [0.2, 0.25) is 0 Å². The van der Waals surface area contributed by atoms with Crippen LogP contribution in [-0.2, 0) is 0 Å². The highest BCUT2D eigenvalue weighted by molar-refractivity contribution is 5.05. The molecule has 0 radical (unpaired) electrons. The third-order valence-electron chi connectivity index (χ3n) is 3.81. The summed E-state index contributed by atoms with van der Waals surface area (Å²) >= 11 is 0. The number of aromatic nitrogens is 2. The molecule has 0 aliphatic heterocycles. The zero-order chi connectivity index (χ0) is 11.8. The first-order valence-corrected chi connectivity index (χ1v) is 5.86. The van der Waals surface area contributed by atoms with Gasteiger partial charge in [0.1, 0.15) is 0 Å². The van der Waals surface area contributed by atoms with Gasteiger partial charge in [-0.2, -0.15) is 0 Å². The number of rotatable bonds is 2. The normalized spacial score (nSPS) is 34.9. The van der Waals surface area contributed by atoms with Crippen LogP contribution in [-0.4, -0.2) is 20.3 Å². The number of aliphatic hydroxyl groups is 1. The third kappa shape index (κ3) is 2.05. The Morgan fingerprint density at radius 2 is 2.38 bits per heavy atom. The fourth-order valence-electron chi connectivity index (χ4n) is 2.62. The van der Waals surface area contributed by atoms with Gasteiger partial charge in [-0.25, -0.2) is 4.98 Å². The maximum Gasteiger partial charge on any atom is 0.0949 e. The fourth-order valence-corrected chi connectivity index (χ4v) is 2.62. The highest BCUT2D eigenvalue weighted by atomic mass is 16.3. The maximum atomic E-state index is 10.4. The number of hydrogen-bond acceptors (Lipinski definition) is 2. The van der Waals surface area contributed by atoms with Crippen molar-refractivity contribution in [3.8, 4) is 0 Å². The molecular formula is C13H20N2O. The van der Waals surface area contributed by atoms with Gasteiger partial charge in [-0.3, -0.25) is 0 Å². The van der Waals surface area contributed by atoms with Gasteiger partial charge in [0.25, 0.3) is 0 Å². The first-order chi connectivity index (χ1) is 7.50. The average Bonchev–Trinajstić information content (AvgIpc) is 2.69. The molecular weight excluding hydrogens is 200 g/mol. The number of allylic oxidation sites excluding steroid dienone is 1. The zero-order valence-corrected chi connectivity index (χ0v) is 10.1. The number of imidazole rings is 1. The second-order valence-corrected chi connectivity index (χ2v) is 5.20. The molecule has 0 saturated heterocycles. The van der Waals surface area contributed by atoms with E-state index in [2.05, 4.69) is 18.5 Å². The molecule has 1 aliphatic rings. The Hall–Kier alpha value is -1.09. The van der Waals surface area contributed by atoms with Crippen molar-refractivity contribution in [1.82, 2.24) is 9.55 Å². The van der Waals surface area contributed by atoms with E-state index in [1.165, 1.54) is 5.57 Å². The van der Waals surface area contributed by atoms with E-state index in [-0.39, 0.29) is 6.04 Å².